The van der Waals surface area contributed by atoms with Gasteiger partial charge in [-0.3, -0.25) is 9.59 Å². The summed E-state index contributed by atoms with van der Waals surface area (Å²) < 4.78 is 60.2. The minimum atomic E-state index is -3.15. The molecule has 10 nitrogen and oxygen atoms in total. The number of nitrogens with zero attached hydrogens (tertiary/aromatic N) is 5. The van der Waals surface area contributed by atoms with Crippen molar-refractivity contribution in [2.45, 2.75) is 31.9 Å². The zero-order valence-electron chi connectivity index (χ0n) is 23.3. The highest BCUT2D eigenvalue weighted by atomic mass is 19.3. The lowest BCUT2D eigenvalue weighted by Gasteiger charge is -2.40. The number of carbonyl (C=O) groups is 1. The smallest absolute Gasteiger partial charge is 0.264 e. The van der Waals surface area contributed by atoms with E-state index in [4.69, 9.17) is 0 Å². The summed E-state index contributed by atoms with van der Waals surface area (Å²) in [6.45, 7) is 3.74. The number of hydrogen-bond donors (Lipinski definition) is 3. The molecule has 2 aliphatic heterocycles. The van der Waals surface area contributed by atoms with Crippen LogP contribution in [0, 0.1) is 23.0 Å². The van der Waals surface area contributed by atoms with E-state index in [1.807, 2.05) is 20.0 Å². The maximum Gasteiger partial charge on any atom is 0.264 e. The van der Waals surface area contributed by atoms with Gasteiger partial charge < -0.3 is 25.4 Å². The Kier molecular flexibility index (Phi) is 8.56. The van der Waals surface area contributed by atoms with Crippen LogP contribution in [0.2, 0.25) is 0 Å². The number of amides is 1. The second-order valence-corrected chi connectivity index (χ2v) is 10.4. The third kappa shape index (κ3) is 5.99. The number of carbonyl (C=O) groups excluding carboxylic acids is 1. The van der Waals surface area contributed by atoms with Crippen LogP contribution in [0.1, 0.15) is 58.8 Å². The first-order valence-electron chi connectivity index (χ1n) is 13.5. The Morgan fingerprint density at radius 2 is 2.05 bits per heavy atom. The molecule has 1 saturated heterocycles. The molecule has 0 radical (unpaired) electrons. The summed E-state index contributed by atoms with van der Waals surface area (Å²) in [6, 6.07) is 4.30. The molecule has 3 aromatic rings. The maximum absolute atomic E-state index is 16.7. The molecule has 14 heteroatoms. The third-order valence-electron chi connectivity index (χ3n) is 7.70. The number of nitriles is 1. The van der Waals surface area contributed by atoms with Crippen molar-refractivity contribution in [2.24, 2.45) is 0 Å². The second-order valence-electron chi connectivity index (χ2n) is 10.4. The van der Waals surface area contributed by atoms with E-state index >= 15 is 8.78 Å². The van der Waals surface area contributed by atoms with Gasteiger partial charge >= 0.3 is 0 Å². The van der Waals surface area contributed by atoms with Gasteiger partial charge in [-0.15, -0.1) is 0 Å². The molecule has 2 atom stereocenters. The molecule has 1 fully saturated rings. The van der Waals surface area contributed by atoms with E-state index in [1.54, 1.807) is 11.0 Å². The Morgan fingerprint density at radius 1 is 1.26 bits per heavy atom. The molecule has 1 amide bonds. The SMILES string of the molecule is C[C@H]1CN(c2cc(F)c(C3=CCCNC3c3ccnc(C#N)n3)c(F)c2NC(=O)c2c[nH]c(=O)cc2C(F)F)CCN1C. The first-order chi connectivity index (χ1) is 20.6. The molecule has 0 aliphatic carbocycles. The molecule has 0 saturated carbocycles. The maximum atomic E-state index is 16.7. The van der Waals surface area contributed by atoms with Gasteiger partial charge in [0.15, 0.2) is 5.82 Å². The van der Waals surface area contributed by atoms with Crippen LogP contribution in [-0.2, 0) is 0 Å². The number of piperazine rings is 1. The number of aromatic amines is 1. The Balaban J connectivity index is 1.64. The van der Waals surface area contributed by atoms with E-state index in [-0.39, 0.29) is 23.1 Å². The topological polar surface area (TPSA) is 130 Å². The van der Waals surface area contributed by atoms with Crippen LogP contribution in [0.5, 0.6) is 0 Å². The van der Waals surface area contributed by atoms with Gasteiger partial charge in [0.25, 0.3) is 12.3 Å². The van der Waals surface area contributed by atoms with E-state index in [0.29, 0.717) is 44.4 Å². The molecule has 3 N–H and O–H groups in total. The Morgan fingerprint density at radius 3 is 2.77 bits per heavy atom. The minimum absolute atomic E-state index is 0.00876. The number of likely N-dealkylation sites (N-methyl/N-ethyl adjacent to an activating group) is 1. The van der Waals surface area contributed by atoms with Crippen molar-refractivity contribution in [3.8, 4) is 6.07 Å². The predicted molar refractivity (Wildman–Crippen MR) is 151 cm³/mol. The Bertz CT molecular complexity index is 1690. The van der Waals surface area contributed by atoms with Gasteiger partial charge in [-0.2, -0.15) is 5.26 Å². The van der Waals surface area contributed by atoms with E-state index in [1.165, 1.54) is 12.3 Å². The molecule has 5 rings (SSSR count). The van der Waals surface area contributed by atoms with Gasteiger partial charge in [0.2, 0.25) is 11.4 Å². The van der Waals surface area contributed by atoms with Gasteiger partial charge in [-0.25, -0.2) is 27.5 Å². The number of alkyl halides is 2. The Hall–Kier alpha value is -4.61. The van der Waals surface area contributed by atoms with Crippen LogP contribution in [0.4, 0.5) is 28.9 Å². The molecule has 0 bridgehead atoms. The average Bonchev–Trinajstić information content (AvgIpc) is 3.00. The summed E-state index contributed by atoms with van der Waals surface area (Å²) in [7, 11) is 1.92. The van der Waals surface area contributed by atoms with Crippen LogP contribution >= 0.6 is 0 Å². The van der Waals surface area contributed by atoms with Crippen molar-refractivity contribution >= 4 is 22.9 Å². The number of nitrogens with one attached hydrogen (secondary N) is 3. The lowest BCUT2D eigenvalue weighted by Crippen LogP contribution is -2.50. The van der Waals surface area contributed by atoms with Gasteiger partial charge in [0.1, 0.15) is 17.6 Å². The molecular weight excluding hydrogens is 568 g/mol. The molecule has 4 heterocycles. The number of benzene rings is 1. The third-order valence-corrected chi connectivity index (χ3v) is 7.70. The molecule has 1 unspecified atom stereocenters. The average molecular weight is 597 g/mol. The molecule has 2 aliphatic rings. The second kappa shape index (κ2) is 12.3. The molecule has 43 heavy (non-hydrogen) atoms. The van der Waals surface area contributed by atoms with Crippen molar-refractivity contribution in [1.82, 2.24) is 25.2 Å². The van der Waals surface area contributed by atoms with Crippen LogP contribution in [0.25, 0.3) is 5.57 Å². The highest BCUT2D eigenvalue weighted by Gasteiger charge is 2.33. The largest absolute Gasteiger partial charge is 0.367 e. The standard InChI is InChI=1S/C29H28F4N8O2/c1-15-14-41(9-8-40(15)2)21-11-19(30)24(16-4-3-6-36-26(16)20-5-7-35-22(12-34)38-20)25(31)27(21)39-29(43)18-13-37-23(42)10-17(18)28(32)33/h4-5,7,10-11,13,15,26,28,36H,3,6,8-9,14H2,1-2H3,(H,37,42)(H,39,43)/t15-,26?/m0/s1. The van der Waals surface area contributed by atoms with Gasteiger partial charge in [0.05, 0.1) is 28.6 Å². The van der Waals surface area contributed by atoms with Gasteiger partial charge in [-0.1, -0.05) is 6.08 Å². The molecular formula is C29H28F4N8O2. The lowest BCUT2D eigenvalue weighted by molar-refractivity contribution is 0.101. The summed E-state index contributed by atoms with van der Waals surface area (Å²) in [6.07, 6.45) is 1.13. The van der Waals surface area contributed by atoms with Crippen molar-refractivity contribution < 1.29 is 22.4 Å². The number of pyridine rings is 1. The molecule has 224 valence electrons. The number of anilines is 2. The summed E-state index contributed by atoms with van der Waals surface area (Å²) in [4.78, 5) is 39.1. The molecule has 2 aromatic heterocycles. The van der Waals surface area contributed by atoms with Crippen molar-refractivity contribution in [2.75, 3.05) is 43.4 Å². The van der Waals surface area contributed by atoms with Crippen LogP contribution in [0.3, 0.4) is 0 Å². The van der Waals surface area contributed by atoms with Crippen molar-refractivity contribution in [3.63, 3.8) is 0 Å². The van der Waals surface area contributed by atoms with E-state index in [2.05, 4.69) is 30.5 Å². The van der Waals surface area contributed by atoms with Crippen molar-refractivity contribution in [1.29, 1.82) is 5.26 Å². The van der Waals surface area contributed by atoms with E-state index < -0.39 is 57.9 Å². The monoisotopic (exact) mass is 596 g/mol. The first kappa shape index (κ1) is 29.9. The number of aromatic nitrogens is 3. The van der Waals surface area contributed by atoms with Gasteiger partial charge in [-0.05, 0) is 38.6 Å². The predicted octanol–water partition coefficient (Wildman–Crippen LogP) is 3.76. The number of rotatable bonds is 6. The lowest BCUT2D eigenvalue weighted by atomic mass is 9.90. The first-order valence-corrected chi connectivity index (χ1v) is 13.5. The van der Waals surface area contributed by atoms with Crippen molar-refractivity contribution in [3.05, 3.63) is 86.9 Å². The summed E-state index contributed by atoms with van der Waals surface area (Å²) in [5.41, 5.74) is -2.50. The number of hydrogen-bond acceptors (Lipinski definition) is 8. The minimum Gasteiger partial charge on any atom is -0.367 e. The zero-order valence-corrected chi connectivity index (χ0v) is 23.3. The Labute approximate surface area is 244 Å². The fraction of sp³-hybridized carbons (Fsp3) is 0.345. The van der Waals surface area contributed by atoms with E-state index in [0.717, 1.165) is 12.3 Å². The fourth-order valence-electron chi connectivity index (χ4n) is 5.33. The molecule has 0 spiro atoms. The molecule has 1 aromatic carbocycles. The summed E-state index contributed by atoms with van der Waals surface area (Å²) in [5.74, 6) is -3.22. The highest BCUT2D eigenvalue weighted by Crippen LogP contribution is 2.41. The van der Waals surface area contributed by atoms with Crippen LogP contribution in [-0.4, -0.2) is 65.0 Å². The zero-order chi connectivity index (χ0) is 30.8. The van der Waals surface area contributed by atoms with Crippen LogP contribution < -0.4 is 21.1 Å². The highest BCUT2D eigenvalue weighted by molar-refractivity contribution is 6.07. The quantitative estimate of drug-likeness (QED) is 0.367. The number of halogens is 4. The fourth-order valence-corrected chi connectivity index (χ4v) is 5.33. The van der Waals surface area contributed by atoms with E-state index in [9.17, 15) is 23.6 Å². The summed E-state index contributed by atoms with van der Waals surface area (Å²) >= 11 is 0. The summed E-state index contributed by atoms with van der Waals surface area (Å²) in [5, 5.41) is 14.8. The van der Waals surface area contributed by atoms with Gasteiger partial charge in [0, 0.05) is 55.8 Å². The normalized spacial score (nSPS) is 19.2. The number of H-pyrrole nitrogens is 1. The van der Waals surface area contributed by atoms with Crippen LogP contribution in [0.15, 0.2) is 41.5 Å².